The third-order valence-corrected chi connectivity index (χ3v) is 19.2. The summed E-state index contributed by atoms with van der Waals surface area (Å²) in [5.41, 5.74) is 1.47. The number of hydrogen-bond donors (Lipinski definition) is 2. The highest BCUT2D eigenvalue weighted by molar-refractivity contribution is 8.03. The lowest BCUT2D eigenvalue weighted by Crippen LogP contribution is -2.16. The maximum Gasteiger partial charge on any atom is 0.207 e. The molecule has 9 rings (SSSR count). The van der Waals surface area contributed by atoms with E-state index in [9.17, 15) is 16.8 Å². The second-order valence-electron chi connectivity index (χ2n) is 12.5. The molecule has 2 aliphatic rings. The Kier molecular flexibility index (Phi) is 7.22. The molecule has 2 aliphatic heterocycles. The van der Waals surface area contributed by atoms with Crippen LogP contribution in [0.5, 0.6) is 0 Å². The topological polar surface area (TPSA) is 128 Å². The molecule has 0 unspecified atom stereocenters. The first-order valence-electron chi connectivity index (χ1n) is 16.2. The second kappa shape index (κ2) is 11.6. The average Bonchev–Trinajstić information content (AvgIpc) is 3.56. The molecule has 52 heavy (non-hydrogen) atoms. The van der Waals surface area contributed by atoms with Crippen LogP contribution in [0.1, 0.15) is 0 Å². The Labute approximate surface area is 302 Å². The fraction of sp³-hybridized carbons (Fsp3) is 0. The van der Waals surface area contributed by atoms with Gasteiger partial charge < -0.3 is 0 Å². The molecule has 0 spiro atoms. The van der Waals surface area contributed by atoms with E-state index in [1.54, 1.807) is 128 Å². The molecule has 12 heteroatoms. The van der Waals surface area contributed by atoms with E-state index < -0.39 is 39.5 Å². The summed E-state index contributed by atoms with van der Waals surface area (Å²) >= 11 is 0. The number of aromatic nitrogens is 2. The molecule has 0 atom stereocenters. The van der Waals surface area contributed by atoms with Crippen LogP contribution in [0.25, 0.3) is 22.3 Å². The largest absolute Gasteiger partial charge is 0.270 e. The molecule has 0 aliphatic carbocycles. The lowest BCUT2D eigenvalue weighted by atomic mass is 9.99. The Hall–Kier alpha value is -5.40. The van der Waals surface area contributed by atoms with Gasteiger partial charge in [-0.3, -0.25) is 8.42 Å². The van der Waals surface area contributed by atoms with Crippen molar-refractivity contribution >= 4 is 39.5 Å². The van der Waals surface area contributed by atoms with Gasteiger partial charge in [0, 0.05) is 54.2 Å². The molecule has 0 saturated heterocycles. The molecule has 7 aromatic rings. The van der Waals surface area contributed by atoms with Crippen molar-refractivity contribution < 1.29 is 25.3 Å². The van der Waals surface area contributed by atoms with Gasteiger partial charge in [0.15, 0.2) is 0 Å². The number of pyridine rings is 2. The van der Waals surface area contributed by atoms with Gasteiger partial charge in [-0.2, -0.15) is 0 Å². The number of fused-ring (bicyclic) bond motifs is 6. The van der Waals surface area contributed by atoms with Crippen molar-refractivity contribution in [2.24, 2.45) is 0 Å². The van der Waals surface area contributed by atoms with Crippen molar-refractivity contribution in [2.45, 2.75) is 49.2 Å². The molecule has 0 amide bonds. The minimum Gasteiger partial charge on any atom is -0.270 e. The monoisotopic (exact) mass is 760 g/mol. The number of rotatable bonds is 6. The Morgan fingerprint density at radius 2 is 0.750 bits per heavy atom. The van der Waals surface area contributed by atoms with Crippen LogP contribution < -0.4 is 0 Å². The molecule has 4 heterocycles. The van der Waals surface area contributed by atoms with Crippen molar-refractivity contribution in [1.82, 2.24) is 9.97 Å². The predicted molar refractivity (Wildman–Crippen MR) is 198 cm³/mol. The van der Waals surface area contributed by atoms with Crippen LogP contribution in [0.4, 0.5) is 0 Å². The van der Waals surface area contributed by atoms with E-state index >= 15 is 8.42 Å². The number of hydrogen-bond acceptors (Lipinski definition) is 8. The zero-order valence-corrected chi connectivity index (χ0v) is 30.5. The van der Waals surface area contributed by atoms with Crippen molar-refractivity contribution in [1.29, 1.82) is 0 Å². The van der Waals surface area contributed by atoms with Gasteiger partial charge in [-0.1, -0.05) is 60.7 Å². The molecule has 0 N–H and O–H groups in total. The molecule has 0 saturated carbocycles. The van der Waals surface area contributed by atoms with E-state index in [2.05, 4.69) is 9.97 Å². The summed E-state index contributed by atoms with van der Waals surface area (Å²) in [5, 5.41) is 0.630. The van der Waals surface area contributed by atoms with Crippen LogP contribution in [0.3, 0.4) is 0 Å². The van der Waals surface area contributed by atoms with Crippen molar-refractivity contribution in [3.63, 3.8) is 0 Å². The minimum atomic E-state index is -4.23. The van der Waals surface area contributed by atoms with Gasteiger partial charge in [-0.05, 0) is 105 Å². The van der Waals surface area contributed by atoms with Gasteiger partial charge >= 0.3 is 0 Å². The fourth-order valence-corrected chi connectivity index (χ4v) is 15.9. The SMILES string of the molecule is O=S1(=O)c2cc([SH](=O)(c3ccccc3)c3ccccn3)ccc2-c2cc3c(cc21)S(=O)(=O)c1cc([SH](=O)(c2ccccc2)c2ccccn2)ccc1-3. The zero-order chi connectivity index (χ0) is 35.9. The minimum absolute atomic E-state index is 0.0529. The molecule has 258 valence electrons. The summed E-state index contributed by atoms with van der Waals surface area (Å²) in [6, 6.07) is 40.2. The van der Waals surface area contributed by atoms with Crippen molar-refractivity contribution in [3.8, 4) is 22.3 Å². The third kappa shape index (κ3) is 4.54. The van der Waals surface area contributed by atoms with Crippen LogP contribution in [-0.2, 0) is 39.5 Å². The van der Waals surface area contributed by atoms with Crippen LogP contribution in [0.15, 0.2) is 207 Å². The Morgan fingerprint density at radius 1 is 0.365 bits per heavy atom. The first-order chi connectivity index (χ1) is 25.1. The van der Waals surface area contributed by atoms with E-state index in [1.807, 2.05) is 12.1 Å². The Bertz CT molecular complexity index is 2640. The number of sulfone groups is 2. The third-order valence-electron chi connectivity index (χ3n) is 9.66. The van der Waals surface area contributed by atoms with Gasteiger partial charge in [0.2, 0.25) is 19.7 Å². The van der Waals surface area contributed by atoms with Gasteiger partial charge in [0.25, 0.3) is 0 Å². The Morgan fingerprint density at radius 3 is 1.13 bits per heavy atom. The Balaban J connectivity index is 1.20. The second-order valence-corrected chi connectivity index (χ2v) is 21.7. The lowest BCUT2D eigenvalue weighted by molar-refractivity contribution is 0.597. The summed E-state index contributed by atoms with van der Waals surface area (Å²) < 4.78 is 87.1. The van der Waals surface area contributed by atoms with Crippen molar-refractivity contribution in [2.75, 3.05) is 0 Å². The normalized spacial score (nSPS) is 15.5. The molecule has 0 bridgehead atoms. The quantitative estimate of drug-likeness (QED) is 0.172. The van der Waals surface area contributed by atoms with Gasteiger partial charge in [-0.25, -0.2) is 26.8 Å². The fourth-order valence-electron chi connectivity index (χ4n) is 7.15. The van der Waals surface area contributed by atoms with E-state index in [0.717, 1.165) is 0 Å². The van der Waals surface area contributed by atoms with E-state index in [4.69, 9.17) is 0 Å². The van der Waals surface area contributed by atoms with Crippen LogP contribution in [-0.4, -0.2) is 35.2 Å². The highest BCUT2D eigenvalue weighted by Crippen LogP contribution is 2.53. The average molecular weight is 761 g/mol. The molecule has 0 fully saturated rings. The summed E-state index contributed by atoms with van der Waals surface area (Å²) in [6.45, 7) is 0. The summed E-state index contributed by atoms with van der Waals surface area (Å²) in [7, 11) is -15.7. The van der Waals surface area contributed by atoms with E-state index in [1.165, 1.54) is 18.2 Å². The maximum absolute atomic E-state index is 15.0. The van der Waals surface area contributed by atoms with Gasteiger partial charge in [0.05, 0.1) is 19.6 Å². The molecule has 2 aromatic heterocycles. The predicted octanol–water partition coefficient (Wildman–Crippen LogP) is 7.09. The first kappa shape index (κ1) is 32.5. The lowest BCUT2D eigenvalue weighted by Gasteiger charge is -2.25. The van der Waals surface area contributed by atoms with Crippen molar-refractivity contribution in [3.05, 3.63) is 158 Å². The zero-order valence-electron chi connectivity index (χ0n) is 27.1. The highest BCUT2D eigenvalue weighted by atomic mass is 32.2. The van der Waals surface area contributed by atoms with E-state index in [-0.39, 0.29) is 19.6 Å². The highest BCUT2D eigenvalue weighted by Gasteiger charge is 2.42. The standard InChI is InChI=1S/C40H28N2O6S4/c43-49(27-11-3-1-4-12-27,39-15-7-9-21-41-39)29-17-19-31-33-25-34-32-20-18-30(50(44,28-13-5-2-6-14-28)40-16-8-10-22-42-40)24-36(32)52(47,48)38(34)26-37(33)51(45,46)35(31)23-29/h1-26,49-50H. The smallest absolute Gasteiger partial charge is 0.207 e. The summed E-state index contributed by atoms with van der Waals surface area (Å²) in [5.74, 6) is 0. The van der Waals surface area contributed by atoms with Gasteiger partial charge in [0.1, 0.15) is 10.1 Å². The summed E-state index contributed by atoms with van der Waals surface area (Å²) in [6.07, 6.45) is 3.10. The first-order valence-corrected chi connectivity index (χ1v) is 22.6. The van der Waals surface area contributed by atoms with E-state index in [0.29, 0.717) is 51.9 Å². The molecule has 8 nitrogen and oxygen atoms in total. The number of thiol groups is 2. The molecule has 5 aromatic carbocycles. The van der Waals surface area contributed by atoms with Crippen LogP contribution in [0, 0.1) is 0 Å². The number of benzene rings is 5. The van der Waals surface area contributed by atoms with Crippen LogP contribution in [0.2, 0.25) is 0 Å². The number of nitrogens with zero attached hydrogens (tertiary/aromatic N) is 2. The molecular weight excluding hydrogens is 733 g/mol. The van der Waals surface area contributed by atoms with Crippen LogP contribution >= 0.6 is 0 Å². The maximum atomic E-state index is 15.0. The summed E-state index contributed by atoms with van der Waals surface area (Å²) in [4.78, 5) is 10.0. The van der Waals surface area contributed by atoms with Gasteiger partial charge in [-0.15, -0.1) is 0 Å². The molecular formula is C40H28N2O6S4. The molecule has 0 radical (unpaired) electrons.